The van der Waals surface area contributed by atoms with Crippen molar-refractivity contribution in [2.75, 3.05) is 11.3 Å². The Morgan fingerprint density at radius 3 is 1.79 bits per heavy atom. The number of carbonyl (C=O) groups excluding carboxylic acids is 1. The van der Waals surface area contributed by atoms with Crippen LogP contribution in [0.15, 0.2) is 73.1 Å². The van der Waals surface area contributed by atoms with E-state index in [1.165, 1.54) is 0 Å². The van der Waals surface area contributed by atoms with E-state index in [1.807, 2.05) is 36.4 Å². The van der Waals surface area contributed by atoms with Crippen LogP contribution >= 0.6 is 0 Å². The zero-order valence-electron chi connectivity index (χ0n) is 21.0. The summed E-state index contributed by atoms with van der Waals surface area (Å²) in [4.78, 5) is 23.5. The molecule has 2 heterocycles. The third kappa shape index (κ3) is 18.0. The Bertz CT molecular complexity index is 1070. The Morgan fingerprint density at radius 1 is 0.846 bits per heavy atom. The van der Waals surface area contributed by atoms with Gasteiger partial charge in [0.1, 0.15) is 5.78 Å². The van der Waals surface area contributed by atoms with E-state index < -0.39 is 11.3 Å². The Hall–Kier alpha value is -3.06. The number of ketones is 1. The number of hydrogen-bond acceptors (Lipinski definition) is 6. The van der Waals surface area contributed by atoms with E-state index >= 15 is 0 Å². The van der Waals surface area contributed by atoms with Crippen LogP contribution in [0.25, 0.3) is 0 Å². The summed E-state index contributed by atoms with van der Waals surface area (Å²) in [5, 5.41) is 0. The minimum absolute atomic E-state index is 0. The minimum Gasteiger partial charge on any atom is 0 e. The number of unbranched alkanes of at least 4 members (excludes halogenated alkanes) is 1. The molecule has 3 rings (SSSR count). The molecule has 0 saturated heterocycles. The molecule has 205 valence electrons. The summed E-state index contributed by atoms with van der Waals surface area (Å²) >= 11 is -2.35. The first-order valence-corrected chi connectivity index (χ1v) is 12.3. The molecule has 3 aromatic rings. The van der Waals surface area contributed by atoms with E-state index in [1.54, 1.807) is 36.7 Å². The van der Waals surface area contributed by atoms with Crippen molar-refractivity contribution in [2.45, 2.75) is 38.8 Å². The number of rotatable bonds is 13. The van der Waals surface area contributed by atoms with Gasteiger partial charge < -0.3 is 9.27 Å². The fourth-order valence-electron chi connectivity index (χ4n) is 3.42. The second-order valence-electron chi connectivity index (χ2n) is 7.56. The maximum atomic E-state index is 12.4. The maximum Gasteiger partial charge on any atom is 0 e. The van der Waals surface area contributed by atoms with Gasteiger partial charge in [0.05, 0.1) is 11.4 Å². The first kappa shape index (κ1) is 38.1. The fraction of sp³-hybridized carbons (Fsp3) is 0.259. The molecule has 0 aliphatic carbocycles. The molecule has 10 nitrogen and oxygen atoms in total. The van der Waals surface area contributed by atoms with E-state index in [2.05, 4.69) is 39.5 Å². The van der Waals surface area contributed by atoms with E-state index in [0.29, 0.717) is 18.5 Å². The zero-order chi connectivity index (χ0) is 28.6. The third-order valence-corrected chi connectivity index (χ3v) is 5.36. The number of nitrogens with zero attached hydrogens (tertiary/aromatic N) is 3. The third-order valence-electron chi connectivity index (χ3n) is 4.96. The molecule has 0 aliphatic rings. The summed E-state index contributed by atoms with van der Waals surface area (Å²) in [6.45, 7) is 15.8. The SMILES string of the molecule is O=C(CCCCN(Cc1ccccn1)Cc1ccccn1)Cc1ccc(NS(=O)[O-])cc1.[C-]#[O+].[C-]#[O+].[C-]#[O+].[Re]. The number of benzene rings is 1. The van der Waals surface area contributed by atoms with Crippen LogP contribution in [0.2, 0.25) is 0 Å². The molecule has 0 aliphatic heterocycles. The second kappa shape index (κ2) is 25.2. The van der Waals surface area contributed by atoms with Gasteiger partial charge in [-0.25, -0.2) is 0 Å². The largest absolute Gasteiger partial charge is 0 e. The molecule has 0 fully saturated rings. The molecule has 1 atom stereocenters. The number of nitrogens with one attached hydrogen (secondary N) is 1. The number of hydrogen-bond donors (Lipinski definition) is 1. The van der Waals surface area contributed by atoms with Crippen molar-refractivity contribution < 1.29 is 47.9 Å². The summed E-state index contributed by atoms with van der Waals surface area (Å²) < 4.78 is 46.1. The molecule has 12 heteroatoms. The van der Waals surface area contributed by atoms with Crippen LogP contribution in [0.3, 0.4) is 0 Å². The van der Waals surface area contributed by atoms with Gasteiger partial charge in [-0.2, -0.15) is 0 Å². The molecular formula is C27H27N4O6ReS-. The van der Waals surface area contributed by atoms with Crippen molar-refractivity contribution in [3.8, 4) is 0 Å². The Balaban J connectivity index is 0. The van der Waals surface area contributed by atoms with Gasteiger partial charge in [-0.05, 0) is 61.3 Å². The van der Waals surface area contributed by atoms with E-state index in [-0.39, 0.29) is 26.2 Å². The van der Waals surface area contributed by atoms with Crippen LogP contribution in [-0.4, -0.2) is 36.0 Å². The van der Waals surface area contributed by atoms with Crippen LogP contribution in [0.4, 0.5) is 5.69 Å². The minimum atomic E-state index is -2.35. The van der Waals surface area contributed by atoms with Gasteiger partial charge >= 0.3 is 33.9 Å². The van der Waals surface area contributed by atoms with Gasteiger partial charge in [0.2, 0.25) is 0 Å². The molecule has 0 bridgehead atoms. The molecule has 0 spiro atoms. The van der Waals surface area contributed by atoms with Gasteiger partial charge in [-0.15, -0.1) is 0 Å². The Kier molecular flexibility index (Phi) is 24.6. The molecular weight excluding hydrogens is 695 g/mol. The van der Waals surface area contributed by atoms with Crippen LogP contribution < -0.4 is 4.72 Å². The van der Waals surface area contributed by atoms with Gasteiger partial charge in [0, 0.05) is 75.7 Å². The first-order valence-electron chi connectivity index (χ1n) is 11.2. The van der Waals surface area contributed by atoms with Crippen molar-refractivity contribution in [2.24, 2.45) is 0 Å². The molecule has 2 aromatic heterocycles. The normalized spacial score (nSPS) is 9.95. The summed E-state index contributed by atoms with van der Waals surface area (Å²) in [6.07, 6.45) is 6.20. The van der Waals surface area contributed by atoms with Crippen LogP contribution in [0, 0.1) is 20.0 Å². The fourth-order valence-corrected chi connectivity index (χ4v) is 3.74. The number of carbonyl (C=O) groups is 1. The number of aromatic nitrogens is 2. The Labute approximate surface area is 244 Å². The average Bonchev–Trinajstić information content (AvgIpc) is 2.96. The van der Waals surface area contributed by atoms with Crippen molar-refractivity contribution in [1.82, 2.24) is 14.9 Å². The number of Topliss-reactive ketones (excluding diaryl/α,β-unsaturated/α-hetero) is 1. The van der Waals surface area contributed by atoms with Gasteiger partial charge in [-0.3, -0.25) is 23.9 Å². The van der Waals surface area contributed by atoms with Crippen LogP contribution in [-0.2, 0) is 70.0 Å². The molecule has 1 radical (unpaired) electrons. The first-order chi connectivity index (χ1) is 18.6. The zero-order valence-corrected chi connectivity index (χ0v) is 24.5. The van der Waals surface area contributed by atoms with Gasteiger partial charge in [0.25, 0.3) is 0 Å². The van der Waals surface area contributed by atoms with Crippen LogP contribution in [0.5, 0.6) is 0 Å². The summed E-state index contributed by atoms with van der Waals surface area (Å²) in [7, 11) is 0. The smallest absolute Gasteiger partial charge is 0 e. The summed E-state index contributed by atoms with van der Waals surface area (Å²) in [5.74, 6) is 0.180. The molecule has 0 saturated carbocycles. The quantitative estimate of drug-likeness (QED) is 0.123. The van der Waals surface area contributed by atoms with E-state index in [4.69, 9.17) is 14.0 Å². The number of anilines is 1. The summed E-state index contributed by atoms with van der Waals surface area (Å²) in [6, 6.07) is 18.7. The summed E-state index contributed by atoms with van der Waals surface area (Å²) in [5.41, 5.74) is 3.39. The molecule has 1 N–H and O–H groups in total. The average molecular weight is 722 g/mol. The monoisotopic (exact) mass is 722 g/mol. The van der Waals surface area contributed by atoms with Gasteiger partial charge in [0.15, 0.2) is 0 Å². The predicted octanol–water partition coefficient (Wildman–Crippen LogP) is 3.55. The van der Waals surface area contributed by atoms with E-state index in [0.717, 1.165) is 49.4 Å². The number of pyridine rings is 2. The molecule has 39 heavy (non-hydrogen) atoms. The maximum absolute atomic E-state index is 12.4. The van der Waals surface area contributed by atoms with Crippen molar-refractivity contribution >= 4 is 22.7 Å². The molecule has 0 amide bonds. The Morgan fingerprint density at radius 2 is 1.36 bits per heavy atom. The van der Waals surface area contributed by atoms with Crippen molar-refractivity contribution in [3.63, 3.8) is 0 Å². The topological polar surface area (TPSA) is 158 Å². The van der Waals surface area contributed by atoms with Crippen LogP contribution in [0.1, 0.15) is 36.2 Å². The molecule has 1 unspecified atom stereocenters. The van der Waals surface area contributed by atoms with E-state index in [9.17, 15) is 13.6 Å². The predicted molar refractivity (Wildman–Crippen MR) is 136 cm³/mol. The standard InChI is InChI=1S/C24H28N4O3S.3CO.Re/c29-24(17-20-10-12-21(13-11-20)27-32(30)31)9-3-6-16-28(18-22-7-1-4-14-25-22)19-23-8-2-5-15-26-23;3*1-2;/h1-2,4-5,7-8,10-15,27H,3,6,9,16-19H2,(H,30,31);;;;/p-1. The second-order valence-corrected chi connectivity index (χ2v) is 8.23. The van der Waals surface area contributed by atoms with Crippen molar-refractivity contribution in [3.05, 3.63) is 110 Å². The molecule has 1 aromatic carbocycles. The van der Waals surface area contributed by atoms with Crippen molar-refractivity contribution in [1.29, 1.82) is 0 Å². The van der Waals surface area contributed by atoms with Gasteiger partial charge in [-0.1, -0.05) is 24.3 Å².